The van der Waals surface area contributed by atoms with E-state index < -0.39 is 0 Å². The second kappa shape index (κ2) is 6.21. The van der Waals surface area contributed by atoms with E-state index in [0.29, 0.717) is 11.5 Å². The van der Waals surface area contributed by atoms with Crippen LogP contribution in [0.3, 0.4) is 0 Å². The number of para-hydroxylation sites is 2. The van der Waals surface area contributed by atoms with Gasteiger partial charge in [-0.1, -0.05) is 24.3 Å². The summed E-state index contributed by atoms with van der Waals surface area (Å²) in [7, 11) is 0. The molecular weight excluding hydrogens is 341 g/mol. The van der Waals surface area contributed by atoms with Crippen LogP contribution in [0.4, 0.5) is 4.39 Å². The molecule has 5 aromatic rings. The minimum atomic E-state index is -0.341. The van der Waals surface area contributed by atoms with Gasteiger partial charge in [0.2, 0.25) is 0 Å². The number of pyridine rings is 1. The first-order valence-corrected chi connectivity index (χ1v) is 8.51. The lowest BCUT2D eigenvalue weighted by Gasteiger charge is -2.11. The van der Waals surface area contributed by atoms with Crippen LogP contribution in [0, 0.1) is 5.82 Å². The molecule has 0 fully saturated rings. The van der Waals surface area contributed by atoms with Crippen LogP contribution in [-0.2, 0) is 0 Å². The predicted octanol–water partition coefficient (Wildman–Crippen LogP) is 5.51. The first-order valence-electron chi connectivity index (χ1n) is 8.51. The molecule has 3 aromatic carbocycles. The summed E-state index contributed by atoms with van der Waals surface area (Å²) < 4.78 is 21.4. The molecule has 0 aliphatic heterocycles. The molecule has 2 aromatic heterocycles. The standard InChI is InChI=1S/C22H14FN3O/c23-16-4-3-5-18(10-16)27-22-13-24-12-15-8-9-17(11-19(15)22)26-14-25-20-6-1-2-7-21(20)26/h1-14H. The summed E-state index contributed by atoms with van der Waals surface area (Å²) in [6.45, 7) is 0. The summed E-state index contributed by atoms with van der Waals surface area (Å²) in [5.41, 5.74) is 2.92. The Kier molecular flexibility index (Phi) is 3.57. The molecule has 0 aliphatic rings. The first-order chi connectivity index (χ1) is 13.3. The van der Waals surface area contributed by atoms with Crippen LogP contribution in [0.5, 0.6) is 11.5 Å². The maximum Gasteiger partial charge on any atom is 0.153 e. The topological polar surface area (TPSA) is 39.9 Å². The molecule has 0 saturated heterocycles. The van der Waals surface area contributed by atoms with Crippen LogP contribution in [-0.4, -0.2) is 14.5 Å². The molecule has 2 heterocycles. The van der Waals surface area contributed by atoms with Crippen molar-refractivity contribution in [1.82, 2.24) is 14.5 Å². The van der Waals surface area contributed by atoms with Gasteiger partial charge in [-0.2, -0.15) is 0 Å². The van der Waals surface area contributed by atoms with Crippen molar-refractivity contribution < 1.29 is 9.13 Å². The van der Waals surface area contributed by atoms with Crippen LogP contribution in [0.1, 0.15) is 0 Å². The number of nitrogens with zero attached hydrogens (tertiary/aromatic N) is 3. The lowest BCUT2D eigenvalue weighted by molar-refractivity contribution is 0.480. The average Bonchev–Trinajstić information content (AvgIpc) is 3.12. The highest BCUT2D eigenvalue weighted by molar-refractivity contribution is 5.90. The molecule has 0 unspecified atom stereocenters. The third-order valence-corrected chi connectivity index (χ3v) is 4.46. The smallest absolute Gasteiger partial charge is 0.153 e. The molecule has 0 N–H and O–H groups in total. The minimum absolute atomic E-state index is 0.341. The van der Waals surface area contributed by atoms with Gasteiger partial charge in [-0.25, -0.2) is 9.37 Å². The molecule has 5 rings (SSSR count). The van der Waals surface area contributed by atoms with Crippen LogP contribution in [0.2, 0.25) is 0 Å². The summed E-state index contributed by atoms with van der Waals surface area (Å²) >= 11 is 0. The maximum atomic E-state index is 13.5. The van der Waals surface area contributed by atoms with Crippen molar-refractivity contribution in [3.8, 4) is 17.2 Å². The Hall–Kier alpha value is -3.73. The summed E-state index contributed by atoms with van der Waals surface area (Å²) in [5.74, 6) is 0.665. The van der Waals surface area contributed by atoms with Crippen molar-refractivity contribution in [3.05, 3.63) is 91.3 Å². The van der Waals surface area contributed by atoms with Crippen LogP contribution < -0.4 is 4.74 Å². The number of hydrogen-bond donors (Lipinski definition) is 0. The number of hydrogen-bond acceptors (Lipinski definition) is 3. The highest BCUT2D eigenvalue weighted by Gasteiger charge is 2.09. The molecule has 130 valence electrons. The number of halogens is 1. The number of imidazole rings is 1. The Morgan fingerprint density at radius 2 is 1.81 bits per heavy atom. The largest absolute Gasteiger partial charge is 0.455 e. The van der Waals surface area contributed by atoms with E-state index in [4.69, 9.17) is 4.74 Å². The van der Waals surface area contributed by atoms with E-state index in [1.807, 2.05) is 47.0 Å². The van der Waals surface area contributed by atoms with Crippen molar-refractivity contribution >= 4 is 21.8 Å². The fourth-order valence-corrected chi connectivity index (χ4v) is 3.18. The quantitative estimate of drug-likeness (QED) is 0.429. The highest BCUT2D eigenvalue weighted by atomic mass is 19.1. The Morgan fingerprint density at radius 1 is 0.889 bits per heavy atom. The third kappa shape index (κ3) is 2.79. The van der Waals surface area contributed by atoms with E-state index in [1.54, 1.807) is 30.9 Å². The van der Waals surface area contributed by atoms with Gasteiger partial charge in [0.25, 0.3) is 0 Å². The van der Waals surface area contributed by atoms with Gasteiger partial charge in [-0.15, -0.1) is 0 Å². The van der Waals surface area contributed by atoms with Crippen LogP contribution in [0.25, 0.3) is 27.5 Å². The first kappa shape index (κ1) is 15.5. The minimum Gasteiger partial charge on any atom is -0.455 e. The fraction of sp³-hybridized carbons (Fsp3) is 0. The fourth-order valence-electron chi connectivity index (χ4n) is 3.18. The summed E-state index contributed by atoms with van der Waals surface area (Å²) in [5, 5.41) is 1.83. The van der Waals surface area contributed by atoms with Crippen molar-refractivity contribution in [2.24, 2.45) is 0 Å². The van der Waals surface area contributed by atoms with E-state index in [-0.39, 0.29) is 5.82 Å². The monoisotopic (exact) mass is 355 g/mol. The van der Waals surface area contributed by atoms with Crippen molar-refractivity contribution in [3.63, 3.8) is 0 Å². The molecule has 0 atom stereocenters. The zero-order valence-corrected chi connectivity index (χ0v) is 14.2. The zero-order chi connectivity index (χ0) is 18.2. The Labute approximate surface area is 154 Å². The zero-order valence-electron chi connectivity index (χ0n) is 14.2. The number of ether oxygens (including phenoxy) is 1. The normalized spacial score (nSPS) is 11.1. The van der Waals surface area contributed by atoms with Crippen LogP contribution >= 0.6 is 0 Å². The van der Waals surface area contributed by atoms with Gasteiger partial charge in [0.05, 0.1) is 17.2 Å². The predicted molar refractivity (Wildman–Crippen MR) is 103 cm³/mol. The van der Waals surface area contributed by atoms with E-state index in [9.17, 15) is 4.39 Å². The maximum absolute atomic E-state index is 13.5. The second-order valence-corrected chi connectivity index (χ2v) is 6.21. The SMILES string of the molecule is Fc1cccc(Oc2cncc3ccc(-n4cnc5ccccc54)cc23)c1. The molecule has 4 nitrogen and oxygen atoms in total. The molecular formula is C22H14FN3O. The third-order valence-electron chi connectivity index (χ3n) is 4.46. The molecule has 0 radical (unpaired) electrons. The molecule has 0 amide bonds. The number of benzene rings is 3. The Bertz CT molecular complexity index is 1280. The highest BCUT2D eigenvalue weighted by Crippen LogP contribution is 2.31. The second-order valence-electron chi connectivity index (χ2n) is 6.21. The molecule has 5 heteroatoms. The number of fused-ring (bicyclic) bond motifs is 2. The van der Waals surface area contributed by atoms with Gasteiger partial charge in [-0.05, 0) is 36.4 Å². The van der Waals surface area contributed by atoms with Crippen molar-refractivity contribution in [2.75, 3.05) is 0 Å². The van der Waals surface area contributed by atoms with E-state index in [0.717, 1.165) is 27.5 Å². The lowest BCUT2D eigenvalue weighted by atomic mass is 10.1. The van der Waals surface area contributed by atoms with E-state index in [1.165, 1.54) is 12.1 Å². The summed E-state index contributed by atoms with van der Waals surface area (Å²) in [6.07, 6.45) is 5.23. The van der Waals surface area contributed by atoms with Crippen molar-refractivity contribution in [2.45, 2.75) is 0 Å². The molecule has 27 heavy (non-hydrogen) atoms. The van der Waals surface area contributed by atoms with Gasteiger partial charge in [0, 0.05) is 28.7 Å². The summed E-state index contributed by atoms with van der Waals surface area (Å²) in [6, 6.07) is 20.1. The Morgan fingerprint density at radius 3 is 2.74 bits per heavy atom. The van der Waals surface area contributed by atoms with Gasteiger partial charge < -0.3 is 4.74 Å². The van der Waals surface area contributed by atoms with Gasteiger partial charge in [0.15, 0.2) is 5.75 Å². The molecule has 0 spiro atoms. The number of aromatic nitrogens is 3. The van der Waals surface area contributed by atoms with E-state index in [2.05, 4.69) is 9.97 Å². The average molecular weight is 355 g/mol. The lowest BCUT2D eigenvalue weighted by Crippen LogP contribution is -1.93. The van der Waals surface area contributed by atoms with Gasteiger partial charge in [-0.3, -0.25) is 9.55 Å². The molecule has 0 aliphatic carbocycles. The van der Waals surface area contributed by atoms with E-state index >= 15 is 0 Å². The Balaban J connectivity index is 1.64. The molecule has 0 bridgehead atoms. The van der Waals surface area contributed by atoms with Gasteiger partial charge >= 0.3 is 0 Å². The van der Waals surface area contributed by atoms with Crippen LogP contribution in [0.15, 0.2) is 85.5 Å². The summed E-state index contributed by atoms with van der Waals surface area (Å²) in [4.78, 5) is 8.69. The number of rotatable bonds is 3. The van der Waals surface area contributed by atoms with Crippen molar-refractivity contribution in [1.29, 1.82) is 0 Å². The molecule has 0 saturated carbocycles. The van der Waals surface area contributed by atoms with Gasteiger partial charge in [0.1, 0.15) is 17.9 Å².